The zero-order valence-electron chi connectivity index (χ0n) is 22.8. The first kappa shape index (κ1) is 27.2. The molecule has 0 bridgehead atoms. The smallest absolute Gasteiger partial charge is 0.255 e. The van der Waals surface area contributed by atoms with E-state index in [4.69, 9.17) is 0 Å². The second-order valence-electron chi connectivity index (χ2n) is 10.4. The van der Waals surface area contributed by atoms with Gasteiger partial charge in [-0.15, -0.1) is 0 Å². The molecule has 6 nitrogen and oxygen atoms in total. The van der Waals surface area contributed by atoms with Crippen LogP contribution in [0.25, 0.3) is 0 Å². The minimum absolute atomic E-state index is 0.0659. The van der Waals surface area contributed by atoms with Crippen LogP contribution in [0.5, 0.6) is 5.75 Å². The third kappa shape index (κ3) is 6.77. The lowest BCUT2D eigenvalue weighted by Gasteiger charge is -2.24. The molecular weight excluding hydrogens is 498 g/mol. The number of nitrogens with one attached hydrogen (secondary N) is 1. The molecule has 40 heavy (non-hydrogen) atoms. The number of amides is 1. The highest BCUT2D eigenvalue weighted by atomic mass is 16.3. The minimum atomic E-state index is -0.331. The van der Waals surface area contributed by atoms with Crippen LogP contribution in [-0.2, 0) is 13.0 Å². The Kier molecular flexibility index (Phi) is 8.57. The van der Waals surface area contributed by atoms with E-state index in [1.807, 2.05) is 49.4 Å². The summed E-state index contributed by atoms with van der Waals surface area (Å²) in [6.45, 7) is 6.86. The molecule has 0 spiro atoms. The predicted molar refractivity (Wildman–Crippen MR) is 160 cm³/mol. The Bertz CT molecular complexity index is 1450. The van der Waals surface area contributed by atoms with Crippen LogP contribution in [0.1, 0.15) is 43.8 Å². The van der Waals surface area contributed by atoms with Crippen LogP contribution in [-0.4, -0.2) is 47.9 Å². The maximum Gasteiger partial charge on any atom is 0.255 e. The van der Waals surface area contributed by atoms with Crippen molar-refractivity contribution in [1.82, 2.24) is 4.90 Å². The van der Waals surface area contributed by atoms with E-state index in [1.54, 1.807) is 24.3 Å². The van der Waals surface area contributed by atoms with Crippen molar-refractivity contribution >= 4 is 23.1 Å². The number of Topliss-reactive ketones (excluding diaryl/α,β-unsaturated/α-hetero) is 1. The fraction of sp³-hybridized carbons (Fsp3) is 0.235. The lowest BCUT2D eigenvalue weighted by Crippen LogP contribution is -2.30. The van der Waals surface area contributed by atoms with Crippen LogP contribution in [0.3, 0.4) is 0 Å². The fourth-order valence-electron chi connectivity index (χ4n) is 5.13. The Hall–Kier alpha value is -4.42. The average Bonchev–Trinajstić information content (AvgIpc) is 3.21. The highest BCUT2D eigenvalue weighted by Gasteiger charge is 2.18. The molecule has 0 radical (unpaired) electrons. The molecule has 0 aliphatic carbocycles. The highest BCUT2D eigenvalue weighted by Crippen LogP contribution is 2.29. The number of aromatic hydroxyl groups is 1. The van der Waals surface area contributed by atoms with Crippen LogP contribution in [0.2, 0.25) is 0 Å². The van der Waals surface area contributed by atoms with E-state index < -0.39 is 0 Å². The zero-order valence-corrected chi connectivity index (χ0v) is 22.8. The molecule has 5 rings (SSSR count). The van der Waals surface area contributed by atoms with Gasteiger partial charge in [0.15, 0.2) is 5.78 Å². The number of carbonyl (C=O) groups is 2. The van der Waals surface area contributed by atoms with Crippen molar-refractivity contribution < 1.29 is 14.7 Å². The Morgan fingerprint density at radius 3 is 2.25 bits per heavy atom. The molecular formula is C34H35N3O3. The largest absolute Gasteiger partial charge is 0.506 e. The van der Waals surface area contributed by atoms with Crippen molar-refractivity contribution in [2.45, 2.75) is 26.3 Å². The molecule has 0 saturated carbocycles. The summed E-state index contributed by atoms with van der Waals surface area (Å²) in [5.41, 5.74) is 5.42. The molecule has 1 aliphatic rings. The van der Waals surface area contributed by atoms with Crippen molar-refractivity contribution in [2.75, 3.05) is 36.4 Å². The fourth-order valence-corrected chi connectivity index (χ4v) is 5.13. The standard InChI is InChI=1S/C34H35N3O3/c1-25-11-13-27(14-12-25)32(39)23-29-9-5-10-31(38)33(29)35-34(40)28-15-17-30(18-16-28)37-20-6-19-36(21-22-37)24-26-7-3-2-4-8-26/h2-5,7-18,38H,6,19-24H2,1H3,(H,35,40). The van der Waals surface area contributed by atoms with Crippen molar-refractivity contribution in [1.29, 1.82) is 0 Å². The summed E-state index contributed by atoms with van der Waals surface area (Å²) >= 11 is 0. The third-order valence-corrected chi connectivity index (χ3v) is 7.42. The molecule has 6 heteroatoms. The van der Waals surface area contributed by atoms with E-state index in [9.17, 15) is 14.7 Å². The number of phenols is 1. The molecule has 0 aromatic heterocycles. The SMILES string of the molecule is Cc1ccc(C(=O)Cc2cccc(O)c2NC(=O)c2ccc(N3CCCN(Cc4ccccc4)CC3)cc2)cc1. The molecule has 1 amide bonds. The maximum atomic E-state index is 13.1. The summed E-state index contributed by atoms with van der Waals surface area (Å²) in [6, 6.07) is 30.5. The first-order valence-electron chi connectivity index (χ1n) is 13.8. The number of benzene rings is 4. The van der Waals surface area contributed by atoms with Crippen molar-refractivity contribution in [2.24, 2.45) is 0 Å². The van der Waals surface area contributed by atoms with E-state index in [0.717, 1.165) is 50.4 Å². The van der Waals surface area contributed by atoms with Gasteiger partial charge >= 0.3 is 0 Å². The summed E-state index contributed by atoms with van der Waals surface area (Å²) < 4.78 is 0. The maximum absolute atomic E-state index is 13.1. The Balaban J connectivity index is 1.22. The topological polar surface area (TPSA) is 72.9 Å². The van der Waals surface area contributed by atoms with Crippen LogP contribution in [0, 0.1) is 6.92 Å². The summed E-state index contributed by atoms with van der Waals surface area (Å²) in [4.78, 5) is 30.9. The number of carbonyl (C=O) groups excluding carboxylic acids is 2. The van der Waals surface area contributed by atoms with Gasteiger partial charge in [0.05, 0.1) is 5.69 Å². The van der Waals surface area contributed by atoms with E-state index >= 15 is 0 Å². The normalized spacial score (nSPS) is 14.0. The number of para-hydroxylation sites is 1. The number of hydrogen-bond donors (Lipinski definition) is 2. The summed E-state index contributed by atoms with van der Waals surface area (Å²) in [5, 5.41) is 13.4. The van der Waals surface area contributed by atoms with E-state index in [2.05, 4.69) is 39.4 Å². The van der Waals surface area contributed by atoms with Gasteiger partial charge in [0, 0.05) is 56.0 Å². The molecule has 2 N–H and O–H groups in total. The third-order valence-electron chi connectivity index (χ3n) is 7.42. The molecule has 1 fully saturated rings. The second kappa shape index (κ2) is 12.6. The quantitative estimate of drug-likeness (QED) is 0.212. The summed E-state index contributed by atoms with van der Waals surface area (Å²) in [6.07, 6.45) is 1.15. The van der Waals surface area contributed by atoms with Gasteiger partial charge in [-0.25, -0.2) is 0 Å². The van der Waals surface area contributed by atoms with Gasteiger partial charge in [-0.1, -0.05) is 72.3 Å². The van der Waals surface area contributed by atoms with Gasteiger partial charge in [0.25, 0.3) is 5.91 Å². The zero-order chi connectivity index (χ0) is 27.9. The minimum Gasteiger partial charge on any atom is -0.506 e. The first-order chi connectivity index (χ1) is 19.5. The lowest BCUT2D eigenvalue weighted by molar-refractivity contribution is 0.0989. The van der Waals surface area contributed by atoms with Crippen molar-refractivity contribution in [3.05, 3.63) is 125 Å². The molecule has 1 aliphatic heterocycles. The molecule has 0 unspecified atom stereocenters. The lowest BCUT2D eigenvalue weighted by atomic mass is 10.00. The van der Waals surface area contributed by atoms with Crippen LogP contribution < -0.4 is 10.2 Å². The van der Waals surface area contributed by atoms with E-state index in [1.165, 1.54) is 11.6 Å². The van der Waals surface area contributed by atoms with E-state index in [-0.39, 0.29) is 29.5 Å². The van der Waals surface area contributed by atoms with Crippen molar-refractivity contribution in [3.63, 3.8) is 0 Å². The van der Waals surface area contributed by atoms with Gasteiger partial charge in [0.2, 0.25) is 0 Å². The Morgan fingerprint density at radius 1 is 0.775 bits per heavy atom. The van der Waals surface area contributed by atoms with Gasteiger partial charge in [-0.05, 0) is 54.8 Å². The molecule has 4 aromatic rings. The number of phenolic OH excluding ortho intramolecular Hbond substituents is 1. The van der Waals surface area contributed by atoms with Gasteiger partial charge in [-0.2, -0.15) is 0 Å². The highest BCUT2D eigenvalue weighted by molar-refractivity contribution is 6.06. The number of nitrogens with zero attached hydrogens (tertiary/aromatic N) is 2. The Morgan fingerprint density at radius 2 is 1.50 bits per heavy atom. The molecule has 1 heterocycles. The average molecular weight is 534 g/mol. The molecule has 204 valence electrons. The number of rotatable bonds is 8. The molecule has 0 atom stereocenters. The van der Waals surface area contributed by atoms with Crippen LogP contribution in [0.15, 0.2) is 97.1 Å². The van der Waals surface area contributed by atoms with Gasteiger partial charge < -0.3 is 15.3 Å². The van der Waals surface area contributed by atoms with E-state index in [0.29, 0.717) is 16.7 Å². The monoisotopic (exact) mass is 533 g/mol. The first-order valence-corrected chi connectivity index (χ1v) is 13.8. The second-order valence-corrected chi connectivity index (χ2v) is 10.4. The molecule has 4 aromatic carbocycles. The van der Waals surface area contributed by atoms with Gasteiger partial charge in [0.1, 0.15) is 5.75 Å². The number of hydrogen-bond acceptors (Lipinski definition) is 5. The number of aryl methyl sites for hydroxylation is 1. The number of ketones is 1. The van der Waals surface area contributed by atoms with Crippen LogP contribution >= 0.6 is 0 Å². The van der Waals surface area contributed by atoms with Crippen LogP contribution in [0.4, 0.5) is 11.4 Å². The summed E-state index contributed by atoms with van der Waals surface area (Å²) in [5.74, 6) is -0.476. The van der Waals surface area contributed by atoms with Crippen molar-refractivity contribution in [3.8, 4) is 5.75 Å². The summed E-state index contributed by atoms with van der Waals surface area (Å²) in [7, 11) is 0. The number of anilines is 2. The Labute approximate surface area is 235 Å². The van der Waals surface area contributed by atoms with Gasteiger partial charge in [-0.3, -0.25) is 14.5 Å². The predicted octanol–water partition coefficient (Wildman–Crippen LogP) is 6.09. The molecule has 1 saturated heterocycles.